The molecule has 0 unspecified atom stereocenters. The number of hydrazone groups is 1. The first-order valence-corrected chi connectivity index (χ1v) is 8.60. The Morgan fingerprint density at radius 1 is 1.17 bits per heavy atom. The Morgan fingerprint density at radius 3 is 2.58 bits per heavy atom. The van der Waals surface area contributed by atoms with Gasteiger partial charge < -0.3 is 9.47 Å². The molecule has 1 amide bonds. The molecule has 2 aromatic carbocycles. The first-order valence-electron chi connectivity index (χ1n) is 7.52. The molecule has 0 fully saturated rings. The third-order valence-corrected chi connectivity index (χ3v) is 3.73. The van der Waals surface area contributed by atoms with Gasteiger partial charge in [-0.05, 0) is 71.0 Å². The molecule has 2 rings (SSSR count). The van der Waals surface area contributed by atoms with E-state index >= 15 is 0 Å². The zero-order valence-corrected chi connectivity index (χ0v) is 15.7. The average Bonchev–Trinajstić information content (AvgIpc) is 2.55. The Morgan fingerprint density at radius 2 is 1.92 bits per heavy atom. The fourth-order valence-electron chi connectivity index (χ4n) is 1.93. The summed E-state index contributed by atoms with van der Waals surface area (Å²) in [5, 5.41) is 3.85. The van der Waals surface area contributed by atoms with E-state index in [2.05, 4.69) is 33.1 Å². The molecule has 24 heavy (non-hydrogen) atoms. The van der Waals surface area contributed by atoms with E-state index in [0.717, 1.165) is 11.1 Å². The number of nitrogens with zero attached hydrogens (tertiary/aromatic N) is 1. The predicted octanol–water partition coefficient (Wildman–Crippen LogP) is 3.74. The van der Waals surface area contributed by atoms with Gasteiger partial charge in [-0.25, -0.2) is 5.43 Å². The van der Waals surface area contributed by atoms with Crippen molar-refractivity contribution >= 4 is 34.7 Å². The van der Waals surface area contributed by atoms with Crippen molar-refractivity contribution in [1.29, 1.82) is 0 Å². The second-order valence-electron chi connectivity index (χ2n) is 4.98. The number of carbonyl (C=O) groups excluding carboxylic acids is 1. The molecular weight excluding hydrogens is 419 g/mol. The van der Waals surface area contributed by atoms with E-state index in [9.17, 15) is 4.79 Å². The molecule has 0 aliphatic carbocycles. The smallest absolute Gasteiger partial charge is 0.236 e. The summed E-state index contributed by atoms with van der Waals surface area (Å²) in [5.74, 6) is 1.11. The Hall–Kier alpha value is -2.09. The number of halogens is 1. The van der Waals surface area contributed by atoms with Crippen LogP contribution < -0.4 is 14.9 Å². The minimum atomic E-state index is -0.214. The summed E-state index contributed by atoms with van der Waals surface area (Å²) in [6, 6.07) is 13.7. The number of benzene rings is 2. The van der Waals surface area contributed by atoms with Gasteiger partial charge in [0.1, 0.15) is 6.61 Å². The summed E-state index contributed by atoms with van der Waals surface area (Å²) in [4.78, 5) is 10.8. The maximum atomic E-state index is 10.8. The number of amides is 1. The molecule has 126 valence electrons. The van der Waals surface area contributed by atoms with Gasteiger partial charge in [-0.2, -0.15) is 5.10 Å². The van der Waals surface area contributed by atoms with Crippen LogP contribution in [0, 0.1) is 3.57 Å². The molecular formula is C18H19IN2O3. The highest BCUT2D eigenvalue weighted by molar-refractivity contribution is 14.1. The van der Waals surface area contributed by atoms with E-state index < -0.39 is 0 Å². The maximum Gasteiger partial charge on any atom is 0.236 e. The van der Waals surface area contributed by atoms with Crippen molar-refractivity contribution in [3.63, 3.8) is 0 Å². The van der Waals surface area contributed by atoms with Crippen molar-refractivity contribution in [1.82, 2.24) is 5.43 Å². The van der Waals surface area contributed by atoms with E-state index in [-0.39, 0.29) is 5.91 Å². The summed E-state index contributed by atoms with van der Waals surface area (Å²) in [7, 11) is 0. The van der Waals surface area contributed by atoms with Gasteiger partial charge >= 0.3 is 0 Å². The monoisotopic (exact) mass is 438 g/mol. The van der Waals surface area contributed by atoms with Crippen LogP contribution in [0.25, 0.3) is 0 Å². The molecule has 0 saturated carbocycles. The lowest BCUT2D eigenvalue weighted by Gasteiger charge is -2.12. The zero-order chi connectivity index (χ0) is 17.4. The first kappa shape index (κ1) is 18.3. The predicted molar refractivity (Wildman–Crippen MR) is 103 cm³/mol. The van der Waals surface area contributed by atoms with Crippen LogP contribution in [0.3, 0.4) is 0 Å². The first-order chi connectivity index (χ1) is 11.6. The Bertz CT molecular complexity index is 715. The van der Waals surface area contributed by atoms with Gasteiger partial charge in [-0.15, -0.1) is 0 Å². The number of nitrogens with one attached hydrogen (secondary N) is 1. The minimum absolute atomic E-state index is 0.214. The van der Waals surface area contributed by atoms with Crippen LogP contribution in [0.5, 0.6) is 11.5 Å². The molecule has 0 bridgehead atoms. The van der Waals surface area contributed by atoms with Crippen LogP contribution >= 0.6 is 22.6 Å². The van der Waals surface area contributed by atoms with Crippen molar-refractivity contribution in [2.45, 2.75) is 20.5 Å². The Labute approximate surface area is 155 Å². The van der Waals surface area contributed by atoms with Crippen molar-refractivity contribution in [2.75, 3.05) is 6.61 Å². The van der Waals surface area contributed by atoms with Crippen molar-refractivity contribution in [2.24, 2.45) is 5.10 Å². The molecule has 2 aromatic rings. The number of carbonyl (C=O) groups is 1. The van der Waals surface area contributed by atoms with Gasteiger partial charge in [0, 0.05) is 10.5 Å². The largest absolute Gasteiger partial charge is 0.490 e. The highest BCUT2D eigenvalue weighted by Gasteiger charge is 2.06. The summed E-state index contributed by atoms with van der Waals surface area (Å²) < 4.78 is 12.7. The molecule has 6 heteroatoms. The third kappa shape index (κ3) is 5.84. The maximum absolute atomic E-state index is 10.8. The van der Waals surface area contributed by atoms with Crippen LogP contribution in [-0.2, 0) is 11.4 Å². The summed E-state index contributed by atoms with van der Waals surface area (Å²) in [6.07, 6.45) is 1.56. The van der Waals surface area contributed by atoms with E-state index in [4.69, 9.17) is 9.47 Å². The van der Waals surface area contributed by atoms with E-state index in [1.54, 1.807) is 6.21 Å². The normalized spacial score (nSPS) is 10.6. The van der Waals surface area contributed by atoms with Gasteiger partial charge in [-0.3, -0.25) is 4.79 Å². The molecule has 0 atom stereocenters. The third-order valence-electron chi connectivity index (χ3n) is 3.01. The molecule has 0 heterocycles. The zero-order valence-electron chi connectivity index (χ0n) is 13.6. The number of hydrogen-bond acceptors (Lipinski definition) is 4. The summed E-state index contributed by atoms with van der Waals surface area (Å²) >= 11 is 2.27. The highest BCUT2D eigenvalue weighted by Crippen LogP contribution is 2.29. The lowest BCUT2D eigenvalue weighted by atomic mass is 10.2. The summed E-state index contributed by atoms with van der Waals surface area (Å²) in [5.41, 5.74) is 4.27. The van der Waals surface area contributed by atoms with Gasteiger partial charge in [0.2, 0.25) is 5.91 Å². The van der Waals surface area contributed by atoms with Gasteiger partial charge in [0.25, 0.3) is 0 Å². The number of rotatable bonds is 7. The van der Waals surface area contributed by atoms with Crippen LogP contribution in [0.2, 0.25) is 0 Å². The lowest BCUT2D eigenvalue weighted by molar-refractivity contribution is -0.118. The Balaban J connectivity index is 2.09. The molecule has 0 spiro atoms. The number of ether oxygens (including phenoxy) is 2. The van der Waals surface area contributed by atoms with Crippen molar-refractivity contribution < 1.29 is 14.3 Å². The average molecular weight is 438 g/mol. The van der Waals surface area contributed by atoms with Crippen LogP contribution in [0.1, 0.15) is 25.0 Å². The minimum Gasteiger partial charge on any atom is -0.490 e. The fraction of sp³-hybridized carbons (Fsp3) is 0.222. The molecule has 0 aliphatic rings. The fourth-order valence-corrected chi connectivity index (χ4v) is 2.29. The molecule has 0 aromatic heterocycles. The molecule has 1 N–H and O–H groups in total. The van der Waals surface area contributed by atoms with Gasteiger partial charge in [0.05, 0.1) is 12.8 Å². The topological polar surface area (TPSA) is 59.9 Å². The molecule has 0 saturated heterocycles. The lowest BCUT2D eigenvalue weighted by Crippen LogP contribution is -2.12. The highest BCUT2D eigenvalue weighted by atomic mass is 127. The molecule has 0 radical (unpaired) electrons. The Kier molecular flexibility index (Phi) is 7.05. The molecule has 0 aliphatic heterocycles. The van der Waals surface area contributed by atoms with E-state index in [0.29, 0.717) is 24.7 Å². The summed E-state index contributed by atoms with van der Waals surface area (Å²) in [6.45, 7) is 4.33. The van der Waals surface area contributed by atoms with Crippen LogP contribution in [0.4, 0.5) is 0 Å². The van der Waals surface area contributed by atoms with E-state index in [1.807, 2.05) is 49.4 Å². The van der Waals surface area contributed by atoms with Crippen LogP contribution in [-0.4, -0.2) is 18.7 Å². The SMILES string of the molecule is CCOc1cc(/C=N\NC(C)=O)ccc1OCc1ccc(I)cc1. The number of hydrogen-bond donors (Lipinski definition) is 1. The second-order valence-corrected chi connectivity index (χ2v) is 6.23. The second kappa shape index (κ2) is 9.27. The van der Waals surface area contributed by atoms with Gasteiger partial charge in [-0.1, -0.05) is 12.1 Å². The molecule has 5 nitrogen and oxygen atoms in total. The van der Waals surface area contributed by atoms with E-state index in [1.165, 1.54) is 10.5 Å². The van der Waals surface area contributed by atoms with Crippen LogP contribution in [0.15, 0.2) is 47.6 Å². The van der Waals surface area contributed by atoms with Crippen molar-refractivity contribution in [3.8, 4) is 11.5 Å². The van der Waals surface area contributed by atoms with Gasteiger partial charge in [0.15, 0.2) is 11.5 Å². The standard InChI is InChI=1S/C18H19IN2O3/c1-3-23-18-10-15(11-20-21-13(2)22)6-9-17(18)24-12-14-4-7-16(19)8-5-14/h4-11H,3,12H2,1-2H3,(H,21,22)/b20-11-. The van der Waals surface area contributed by atoms with Crippen molar-refractivity contribution in [3.05, 3.63) is 57.2 Å². The quantitative estimate of drug-likeness (QED) is 0.407.